The Labute approximate surface area is 134 Å². The van der Waals surface area contributed by atoms with Crippen LogP contribution >= 0.6 is 0 Å². The highest BCUT2D eigenvalue weighted by molar-refractivity contribution is 5.97. The minimum Gasteiger partial charge on any atom is -0.452 e. The molecule has 1 amide bonds. The largest absolute Gasteiger partial charge is 0.452 e. The highest BCUT2D eigenvalue weighted by Crippen LogP contribution is 2.46. The van der Waals surface area contributed by atoms with E-state index in [4.69, 9.17) is 4.74 Å². The van der Waals surface area contributed by atoms with Crippen LogP contribution in [0.25, 0.3) is 0 Å². The molecule has 0 aromatic heterocycles. The van der Waals surface area contributed by atoms with Crippen molar-refractivity contribution < 1.29 is 14.6 Å². The molecule has 118 valence electrons. The molecule has 2 aromatic rings. The summed E-state index contributed by atoms with van der Waals surface area (Å²) in [4.78, 5) is 12.7. The summed E-state index contributed by atoms with van der Waals surface area (Å²) >= 11 is 0. The van der Waals surface area contributed by atoms with E-state index in [0.717, 1.165) is 12.1 Å². The summed E-state index contributed by atoms with van der Waals surface area (Å²) in [5, 5.41) is 17.1. The van der Waals surface area contributed by atoms with Crippen LogP contribution in [0, 0.1) is 5.92 Å². The fraction of sp³-hybridized carbons (Fsp3) is 0.278. The van der Waals surface area contributed by atoms with Crippen molar-refractivity contribution in [3.63, 3.8) is 0 Å². The van der Waals surface area contributed by atoms with Gasteiger partial charge in [-0.25, -0.2) is 0 Å². The molecule has 2 aromatic carbocycles. The second kappa shape index (κ2) is 5.37. The van der Waals surface area contributed by atoms with E-state index in [1.807, 2.05) is 36.4 Å². The number of amides is 1. The number of benzene rings is 2. The van der Waals surface area contributed by atoms with Gasteiger partial charge in [-0.05, 0) is 23.8 Å². The zero-order valence-corrected chi connectivity index (χ0v) is 12.5. The molecule has 2 aliphatic rings. The average Bonchev–Trinajstić information content (AvgIpc) is 3.07. The molecule has 0 radical (unpaired) electrons. The molecule has 4 rings (SSSR count). The summed E-state index contributed by atoms with van der Waals surface area (Å²) in [5.41, 5.74) is 1.68. The second-order valence-electron chi connectivity index (χ2n) is 6.03. The van der Waals surface area contributed by atoms with Gasteiger partial charge in [-0.3, -0.25) is 4.79 Å². The number of aliphatic hydroxyl groups is 1. The molecule has 5 nitrogen and oxygen atoms in total. The molecule has 23 heavy (non-hydrogen) atoms. The lowest BCUT2D eigenvalue weighted by Gasteiger charge is -2.40. The van der Waals surface area contributed by atoms with Crippen LogP contribution in [0.5, 0.6) is 5.75 Å². The number of nitrogens with one attached hydrogen (secondary N) is 2. The molecule has 1 saturated heterocycles. The lowest BCUT2D eigenvalue weighted by molar-refractivity contribution is -0.192. The topological polar surface area (TPSA) is 70.6 Å². The molecule has 2 heterocycles. The summed E-state index contributed by atoms with van der Waals surface area (Å²) in [6.07, 6.45) is 0. The van der Waals surface area contributed by atoms with Gasteiger partial charge >= 0.3 is 0 Å². The molecule has 0 bridgehead atoms. The van der Waals surface area contributed by atoms with Gasteiger partial charge < -0.3 is 20.5 Å². The SMILES string of the molecule is O=C(Nc1ccccc1)C1(O)Oc2ccccc2C2CNCC21. The number of rotatable bonds is 2. The first-order valence-electron chi connectivity index (χ1n) is 7.76. The number of ether oxygens (including phenoxy) is 1. The van der Waals surface area contributed by atoms with Crippen molar-refractivity contribution in [2.24, 2.45) is 5.92 Å². The van der Waals surface area contributed by atoms with Gasteiger partial charge in [-0.1, -0.05) is 36.4 Å². The Morgan fingerprint density at radius 2 is 1.87 bits per heavy atom. The van der Waals surface area contributed by atoms with Crippen LogP contribution in [0.4, 0.5) is 5.69 Å². The fourth-order valence-electron chi connectivity index (χ4n) is 3.50. The van der Waals surface area contributed by atoms with E-state index in [0.29, 0.717) is 18.0 Å². The summed E-state index contributed by atoms with van der Waals surface area (Å²) < 4.78 is 5.77. The fourth-order valence-corrected chi connectivity index (χ4v) is 3.50. The zero-order chi connectivity index (χ0) is 15.9. The van der Waals surface area contributed by atoms with Gasteiger partial charge in [-0.2, -0.15) is 0 Å². The third-order valence-electron chi connectivity index (χ3n) is 4.66. The van der Waals surface area contributed by atoms with E-state index in [-0.39, 0.29) is 11.8 Å². The highest BCUT2D eigenvalue weighted by atomic mass is 16.6. The molecule has 1 fully saturated rings. The first-order chi connectivity index (χ1) is 11.2. The normalized spacial score (nSPS) is 28.4. The number of carbonyl (C=O) groups excluding carboxylic acids is 1. The van der Waals surface area contributed by atoms with Gasteiger partial charge in [0.1, 0.15) is 5.75 Å². The third-order valence-corrected chi connectivity index (χ3v) is 4.66. The maximum absolute atomic E-state index is 12.7. The minimum atomic E-state index is -1.88. The highest BCUT2D eigenvalue weighted by Gasteiger charge is 2.55. The summed E-state index contributed by atoms with van der Waals surface area (Å²) in [6.45, 7) is 1.27. The number of hydrogen-bond acceptors (Lipinski definition) is 4. The smallest absolute Gasteiger partial charge is 0.297 e. The van der Waals surface area contributed by atoms with Crippen molar-refractivity contribution in [1.82, 2.24) is 5.32 Å². The van der Waals surface area contributed by atoms with E-state index >= 15 is 0 Å². The molecule has 3 atom stereocenters. The average molecular weight is 310 g/mol. The molecule has 0 spiro atoms. The van der Waals surface area contributed by atoms with Crippen LogP contribution in [0.3, 0.4) is 0 Å². The third kappa shape index (κ3) is 2.29. The molecular formula is C18H18N2O3. The van der Waals surface area contributed by atoms with Crippen molar-refractivity contribution in [1.29, 1.82) is 0 Å². The Bertz CT molecular complexity index is 734. The quantitative estimate of drug-likeness (QED) is 0.790. The molecule has 0 saturated carbocycles. The number of hydrogen-bond donors (Lipinski definition) is 3. The van der Waals surface area contributed by atoms with Crippen LogP contribution in [-0.4, -0.2) is 29.9 Å². The predicted octanol–water partition coefficient (Wildman–Crippen LogP) is 1.71. The van der Waals surface area contributed by atoms with E-state index in [1.165, 1.54) is 0 Å². The monoisotopic (exact) mass is 310 g/mol. The summed E-state index contributed by atoms with van der Waals surface area (Å²) in [5.74, 6) is -2.09. The van der Waals surface area contributed by atoms with Gasteiger partial charge in [-0.15, -0.1) is 0 Å². The van der Waals surface area contributed by atoms with Crippen molar-refractivity contribution in [2.45, 2.75) is 11.7 Å². The minimum absolute atomic E-state index is 0.0615. The Balaban J connectivity index is 1.68. The lowest BCUT2D eigenvalue weighted by Crippen LogP contribution is -2.57. The summed E-state index contributed by atoms with van der Waals surface area (Å²) in [7, 11) is 0. The number of anilines is 1. The predicted molar refractivity (Wildman–Crippen MR) is 86.2 cm³/mol. The zero-order valence-electron chi connectivity index (χ0n) is 12.5. The lowest BCUT2D eigenvalue weighted by atomic mass is 9.80. The first-order valence-corrected chi connectivity index (χ1v) is 7.76. The maximum Gasteiger partial charge on any atom is 0.297 e. The standard InChI is InChI=1S/C18H18N2O3/c21-17(20-12-6-2-1-3-7-12)18(22)15-11-19-10-14(15)13-8-4-5-9-16(13)23-18/h1-9,14-15,19,22H,10-11H2,(H,20,21). The molecule has 3 unspecified atom stereocenters. The number of para-hydroxylation sites is 2. The maximum atomic E-state index is 12.7. The van der Waals surface area contributed by atoms with Crippen LogP contribution < -0.4 is 15.4 Å². The van der Waals surface area contributed by atoms with Crippen LogP contribution in [0.1, 0.15) is 11.5 Å². The molecule has 2 aliphatic heterocycles. The van der Waals surface area contributed by atoms with E-state index in [2.05, 4.69) is 10.6 Å². The Hall–Kier alpha value is -2.37. The van der Waals surface area contributed by atoms with Gasteiger partial charge in [0.25, 0.3) is 11.7 Å². The Morgan fingerprint density at radius 1 is 1.13 bits per heavy atom. The molecule has 5 heteroatoms. The van der Waals surface area contributed by atoms with Gasteiger partial charge in [0.05, 0.1) is 5.92 Å². The van der Waals surface area contributed by atoms with E-state index < -0.39 is 11.7 Å². The second-order valence-corrected chi connectivity index (χ2v) is 6.03. The van der Waals surface area contributed by atoms with Crippen molar-refractivity contribution in [3.8, 4) is 5.75 Å². The van der Waals surface area contributed by atoms with Gasteiger partial charge in [0.2, 0.25) is 0 Å². The molecule has 3 N–H and O–H groups in total. The van der Waals surface area contributed by atoms with E-state index in [1.54, 1.807) is 18.2 Å². The van der Waals surface area contributed by atoms with Crippen molar-refractivity contribution >= 4 is 11.6 Å². The molecular weight excluding hydrogens is 292 g/mol. The number of fused-ring (bicyclic) bond motifs is 3. The first kappa shape index (κ1) is 14.2. The van der Waals surface area contributed by atoms with Gasteiger partial charge in [0.15, 0.2) is 0 Å². The van der Waals surface area contributed by atoms with Crippen LogP contribution in [-0.2, 0) is 4.79 Å². The van der Waals surface area contributed by atoms with Crippen molar-refractivity contribution in [3.05, 3.63) is 60.2 Å². The Kier molecular flexibility index (Phi) is 3.32. The summed E-state index contributed by atoms with van der Waals surface area (Å²) in [6, 6.07) is 16.7. The van der Waals surface area contributed by atoms with Gasteiger partial charge in [0, 0.05) is 24.7 Å². The number of carbonyl (C=O) groups is 1. The van der Waals surface area contributed by atoms with Crippen LogP contribution in [0.2, 0.25) is 0 Å². The van der Waals surface area contributed by atoms with E-state index in [9.17, 15) is 9.90 Å². The Morgan fingerprint density at radius 3 is 2.70 bits per heavy atom. The van der Waals surface area contributed by atoms with Crippen LogP contribution in [0.15, 0.2) is 54.6 Å². The molecule has 0 aliphatic carbocycles. The van der Waals surface area contributed by atoms with Crippen molar-refractivity contribution in [2.75, 3.05) is 18.4 Å².